The molecule has 1 unspecified atom stereocenters. The summed E-state index contributed by atoms with van der Waals surface area (Å²) in [5, 5.41) is 9.20. The fourth-order valence-electron chi connectivity index (χ4n) is 2.57. The molecular weight excluding hydrogens is 286 g/mol. The van der Waals surface area contributed by atoms with Crippen molar-refractivity contribution in [1.29, 1.82) is 0 Å². The van der Waals surface area contributed by atoms with Gasteiger partial charge in [-0.05, 0) is 32.8 Å². The van der Waals surface area contributed by atoms with Crippen molar-refractivity contribution in [2.45, 2.75) is 38.2 Å². The quantitative estimate of drug-likeness (QED) is 0.834. The maximum Gasteiger partial charge on any atom is 0.345 e. The molecule has 1 aromatic heterocycles. The maximum absolute atomic E-state index is 12.4. The van der Waals surface area contributed by atoms with Crippen LogP contribution < -0.4 is 0 Å². The second kappa shape index (κ2) is 6.39. The Morgan fingerprint density at radius 1 is 1.41 bits per heavy atom. The molecule has 120 valence electrons. The summed E-state index contributed by atoms with van der Waals surface area (Å²) in [6.45, 7) is 4.16. The van der Waals surface area contributed by atoms with Gasteiger partial charge in [-0.2, -0.15) is 0 Å². The molecule has 2 rings (SSSR count). The van der Waals surface area contributed by atoms with Crippen molar-refractivity contribution >= 4 is 11.9 Å². The minimum atomic E-state index is -1.83. The van der Waals surface area contributed by atoms with E-state index in [4.69, 9.17) is 4.74 Å². The third kappa shape index (κ3) is 3.09. The summed E-state index contributed by atoms with van der Waals surface area (Å²) >= 11 is 0. The first-order valence-corrected chi connectivity index (χ1v) is 7.26. The van der Waals surface area contributed by atoms with Crippen LogP contribution in [0.3, 0.4) is 0 Å². The standard InChI is InChI=1S/C15H21N3O4/c1-10-4-7-16-12(17-10)11-5-8-18(9-6-11)13(19)15(2,22-3)14(20)21/h4,7,11H,5-6,8-9H2,1-3H3,(H,20,21). The number of carbonyl (C=O) groups is 2. The summed E-state index contributed by atoms with van der Waals surface area (Å²) in [4.78, 5) is 33.9. The van der Waals surface area contributed by atoms with E-state index in [1.807, 2.05) is 13.0 Å². The van der Waals surface area contributed by atoms with E-state index >= 15 is 0 Å². The van der Waals surface area contributed by atoms with Crippen LogP contribution in [0.5, 0.6) is 0 Å². The zero-order valence-electron chi connectivity index (χ0n) is 13.1. The Bertz CT molecular complexity index is 570. The predicted octanol–water partition coefficient (Wildman–Crippen LogP) is 0.981. The van der Waals surface area contributed by atoms with E-state index in [-0.39, 0.29) is 5.92 Å². The summed E-state index contributed by atoms with van der Waals surface area (Å²) in [6, 6.07) is 1.85. The van der Waals surface area contributed by atoms with E-state index < -0.39 is 17.5 Å². The van der Waals surface area contributed by atoms with Crippen LogP contribution in [0.2, 0.25) is 0 Å². The lowest BCUT2D eigenvalue weighted by molar-refractivity contribution is -0.173. The van der Waals surface area contributed by atoms with Crippen LogP contribution in [0.1, 0.15) is 37.2 Å². The Morgan fingerprint density at radius 2 is 2.05 bits per heavy atom. The lowest BCUT2D eigenvalue weighted by Crippen LogP contribution is -2.55. The Hall–Kier alpha value is -2.02. The van der Waals surface area contributed by atoms with Gasteiger partial charge in [-0.15, -0.1) is 0 Å². The van der Waals surface area contributed by atoms with E-state index in [2.05, 4.69) is 9.97 Å². The summed E-state index contributed by atoms with van der Waals surface area (Å²) in [6.07, 6.45) is 3.17. The van der Waals surface area contributed by atoms with Gasteiger partial charge in [0.15, 0.2) is 0 Å². The largest absolute Gasteiger partial charge is 0.479 e. The second-order valence-electron chi connectivity index (χ2n) is 5.67. The van der Waals surface area contributed by atoms with E-state index in [9.17, 15) is 14.7 Å². The number of methoxy groups -OCH3 is 1. The maximum atomic E-state index is 12.4. The monoisotopic (exact) mass is 307 g/mol. The van der Waals surface area contributed by atoms with Crippen molar-refractivity contribution in [2.24, 2.45) is 0 Å². The number of carboxylic acids is 1. The number of aromatic nitrogens is 2. The van der Waals surface area contributed by atoms with Gasteiger partial charge in [-0.3, -0.25) is 4.79 Å². The summed E-state index contributed by atoms with van der Waals surface area (Å²) in [5.41, 5.74) is -0.909. The number of aryl methyl sites for hydroxylation is 1. The highest BCUT2D eigenvalue weighted by atomic mass is 16.5. The van der Waals surface area contributed by atoms with Gasteiger partial charge in [-0.25, -0.2) is 14.8 Å². The van der Waals surface area contributed by atoms with E-state index in [1.54, 1.807) is 11.1 Å². The van der Waals surface area contributed by atoms with E-state index in [1.165, 1.54) is 14.0 Å². The van der Waals surface area contributed by atoms with Crippen molar-refractivity contribution < 1.29 is 19.4 Å². The second-order valence-corrected chi connectivity index (χ2v) is 5.67. The van der Waals surface area contributed by atoms with Gasteiger partial charge < -0.3 is 14.7 Å². The number of rotatable bonds is 4. The van der Waals surface area contributed by atoms with Crippen LogP contribution >= 0.6 is 0 Å². The molecule has 0 bridgehead atoms. The number of likely N-dealkylation sites (tertiary alicyclic amines) is 1. The Balaban J connectivity index is 2.03. The Morgan fingerprint density at radius 3 is 2.55 bits per heavy atom. The van der Waals surface area contributed by atoms with Crippen LogP contribution in [0, 0.1) is 6.92 Å². The molecule has 22 heavy (non-hydrogen) atoms. The highest BCUT2D eigenvalue weighted by Gasteiger charge is 2.45. The zero-order chi connectivity index (χ0) is 16.3. The minimum absolute atomic E-state index is 0.197. The Kier molecular flexibility index (Phi) is 4.75. The first-order valence-electron chi connectivity index (χ1n) is 7.26. The lowest BCUT2D eigenvalue weighted by Gasteiger charge is -2.35. The summed E-state index contributed by atoms with van der Waals surface area (Å²) < 4.78 is 4.93. The molecule has 0 spiro atoms. The predicted molar refractivity (Wildman–Crippen MR) is 78.4 cm³/mol. The van der Waals surface area contributed by atoms with Crippen molar-refractivity contribution in [3.8, 4) is 0 Å². The normalized spacial score (nSPS) is 18.8. The summed E-state index contributed by atoms with van der Waals surface area (Å²) in [7, 11) is 1.24. The molecule has 2 heterocycles. The molecule has 1 amide bonds. The third-order valence-electron chi connectivity index (χ3n) is 4.19. The minimum Gasteiger partial charge on any atom is -0.479 e. The molecule has 1 N–H and O–H groups in total. The third-order valence-corrected chi connectivity index (χ3v) is 4.19. The molecule has 0 radical (unpaired) electrons. The van der Waals surface area contributed by atoms with Gasteiger partial charge >= 0.3 is 5.97 Å². The van der Waals surface area contributed by atoms with Crippen LogP contribution in [0.4, 0.5) is 0 Å². The van der Waals surface area contributed by atoms with Crippen molar-refractivity contribution in [3.63, 3.8) is 0 Å². The molecule has 7 nitrogen and oxygen atoms in total. The fraction of sp³-hybridized carbons (Fsp3) is 0.600. The molecule has 1 saturated heterocycles. The number of nitrogens with zero attached hydrogens (tertiary/aromatic N) is 3. The van der Waals surface area contributed by atoms with Crippen LogP contribution in [-0.4, -0.2) is 57.7 Å². The van der Waals surface area contributed by atoms with Crippen molar-refractivity contribution in [3.05, 3.63) is 23.8 Å². The molecule has 1 atom stereocenters. The van der Waals surface area contributed by atoms with E-state index in [0.717, 1.165) is 11.5 Å². The lowest BCUT2D eigenvalue weighted by atomic mass is 9.94. The average Bonchev–Trinajstić information content (AvgIpc) is 2.53. The summed E-state index contributed by atoms with van der Waals surface area (Å²) in [5.74, 6) is -0.794. The van der Waals surface area contributed by atoms with Crippen molar-refractivity contribution in [2.75, 3.05) is 20.2 Å². The topological polar surface area (TPSA) is 92.6 Å². The number of carbonyl (C=O) groups excluding carboxylic acids is 1. The zero-order valence-corrected chi connectivity index (χ0v) is 13.1. The average molecular weight is 307 g/mol. The van der Waals surface area contributed by atoms with E-state index in [0.29, 0.717) is 25.9 Å². The molecule has 0 aliphatic carbocycles. The van der Waals surface area contributed by atoms with Gasteiger partial charge in [-0.1, -0.05) is 0 Å². The fourth-order valence-corrected chi connectivity index (χ4v) is 2.57. The first kappa shape index (κ1) is 16.4. The first-order chi connectivity index (χ1) is 10.4. The van der Waals surface area contributed by atoms with Crippen LogP contribution in [0.25, 0.3) is 0 Å². The number of piperidine rings is 1. The molecule has 1 aliphatic rings. The van der Waals surface area contributed by atoms with Crippen LogP contribution in [-0.2, 0) is 14.3 Å². The van der Waals surface area contributed by atoms with Gasteiger partial charge in [0.2, 0.25) is 5.60 Å². The molecule has 0 aromatic carbocycles. The van der Waals surface area contributed by atoms with Gasteiger partial charge in [0.05, 0.1) is 0 Å². The SMILES string of the molecule is COC(C)(C(=O)O)C(=O)N1CCC(c2nccc(C)n2)CC1. The number of hydrogen-bond donors (Lipinski definition) is 1. The van der Waals surface area contributed by atoms with Gasteiger partial charge in [0.1, 0.15) is 5.82 Å². The van der Waals surface area contributed by atoms with Crippen LogP contribution in [0.15, 0.2) is 12.3 Å². The molecule has 1 aliphatic heterocycles. The molecule has 1 aromatic rings. The highest BCUT2D eigenvalue weighted by Crippen LogP contribution is 2.27. The number of amides is 1. The van der Waals surface area contributed by atoms with Gasteiger partial charge in [0.25, 0.3) is 5.91 Å². The molecule has 7 heteroatoms. The molecule has 1 fully saturated rings. The van der Waals surface area contributed by atoms with Crippen molar-refractivity contribution in [1.82, 2.24) is 14.9 Å². The number of ether oxygens (including phenoxy) is 1. The molecule has 0 saturated carbocycles. The number of carboxylic acid groups (broad SMARTS) is 1. The molecular formula is C15H21N3O4. The number of hydrogen-bond acceptors (Lipinski definition) is 5. The number of aliphatic carboxylic acids is 1. The highest BCUT2D eigenvalue weighted by molar-refractivity contribution is 6.05. The Labute approximate surface area is 129 Å². The smallest absolute Gasteiger partial charge is 0.345 e. The van der Waals surface area contributed by atoms with Gasteiger partial charge in [0, 0.05) is 38.0 Å².